The highest BCUT2D eigenvalue weighted by molar-refractivity contribution is 7.99. The van der Waals surface area contributed by atoms with E-state index in [9.17, 15) is 14.0 Å². The van der Waals surface area contributed by atoms with Crippen LogP contribution in [0.1, 0.15) is 47.1 Å². The molecule has 2 amide bonds. The lowest BCUT2D eigenvalue weighted by atomic mass is 10.1. The molecule has 1 N–H and O–H groups in total. The summed E-state index contributed by atoms with van der Waals surface area (Å²) in [6.07, 6.45) is 0.888. The fourth-order valence-electron chi connectivity index (χ4n) is 3.29. The van der Waals surface area contributed by atoms with Crippen molar-refractivity contribution in [2.24, 2.45) is 5.92 Å². The number of nitrogens with zero attached hydrogens (tertiary/aromatic N) is 1. The predicted octanol–water partition coefficient (Wildman–Crippen LogP) is 4.55. The Morgan fingerprint density at radius 3 is 2.41 bits per heavy atom. The zero-order valence-corrected chi connectivity index (χ0v) is 17.8. The molecule has 4 nitrogen and oxygen atoms in total. The Morgan fingerprint density at radius 1 is 1.14 bits per heavy atom. The molecule has 0 aromatic heterocycles. The molecule has 0 aliphatic carbocycles. The van der Waals surface area contributed by atoms with Crippen LogP contribution in [0.25, 0.3) is 0 Å². The largest absolute Gasteiger partial charge is 0.354 e. The van der Waals surface area contributed by atoms with Crippen LogP contribution in [-0.4, -0.2) is 35.1 Å². The maximum atomic E-state index is 13.4. The summed E-state index contributed by atoms with van der Waals surface area (Å²) in [7, 11) is 0. The number of carbonyl (C=O) groups excluding carboxylic acids is 2. The van der Waals surface area contributed by atoms with Gasteiger partial charge in [0.25, 0.3) is 5.91 Å². The number of halogens is 1. The quantitative estimate of drug-likeness (QED) is 0.754. The molecule has 6 heteroatoms. The third-order valence-corrected chi connectivity index (χ3v) is 6.34. The Bertz CT molecular complexity index is 852. The number of aryl methyl sites for hydroxylation is 1. The van der Waals surface area contributed by atoms with Gasteiger partial charge in [-0.25, -0.2) is 4.39 Å². The molecule has 1 aliphatic rings. The Balaban J connectivity index is 1.87. The molecule has 0 bridgehead atoms. The lowest BCUT2D eigenvalue weighted by Gasteiger charge is -2.29. The van der Waals surface area contributed by atoms with E-state index in [1.165, 1.54) is 23.9 Å². The van der Waals surface area contributed by atoms with Crippen molar-refractivity contribution in [3.05, 3.63) is 71.0 Å². The lowest BCUT2D eigenvalue weighted by molar-refractivity contribution is -0.124. The summed E-state index contributed by atoms with van der Waals surface area (Å²) >= 11 is 1.53. The van der Waals surface area contributed by atoms with Crippen LogP contribution in [0, 0.1) is 18.7 Å². The topological polar surface area (TPSA) is 49.4 Å². The van der Waals surface area contributed by atoms with Crippen molar-refractivity contribution < 1.29 is 14.0 Å². The van der Waals surface area contributed by atoms with Gasteiger partial charge in [0.05, 0.1) is 0 Å². The number of nitrogens with one attached hydrogen (secondary N) is 1. The van der Waals surface area contributed by atoms with Crippen LogP contribution >= 0.6 is 11.8 Å². The van der Waals surface area contributed by atoms with Gasteiger partial charge in [0.2, 0.25) is 5.91 Å². The third-order valence-electron chi connectivity index (χ3n) is 5.01. The summed E-state index contributed by atoms with van der Waals surface area (Å²) in [5.74, 6) is 0.353. The summed E-state index contributed by atoms with van der Waals surface area (Å²) in [5, 5.41) is 2.65. The smallest absolute Gasteiger partial charge is 0.255 e. The van der Waals surface area contributed by atoms with Crippen molar-refractivity contribution in [3.8, 4) is 0 Å². The molecule has 1 aliphatic heterocycles. The van der Waals surface area contributed by atoms with E-state index >= 15 is 0 Å². The molecule has 1 heterocycles. The van der Waals surface area contributed by atoms with Crippen LogP contribution in [-0.2, 0) is 4.79 Å². The average molecular weight is 415 g/mol. The van der Waals surface area contributed by atoms with Crippen LogP contribution in [0.15, 0.2) is 48.5 Å². The zero-order chi connectivity index (χ0) is 21.0. The highest BCUT2D eigenvalue weighted by Crippen LogP contribution is 2.42. The molecular weight excluding hydrogens is 387 g/mol. The normalized spacial score (nSPS) is 18.9. The van der Waals surface area contributed by atoms with E-state index in [-0.39, 0.29) is 23.0 Å². The molecule has 0 spiro atoms. The molecule has 3 rings (SSSR count). The molecule has 1 fully saturated rings. The standard InChI is InChI=1S/C23H27FN2O2S/c1-15(2)12-13-25-21(27)20-14-29-23(18-8-10-19(24)11-9-18)26(20)22(28)17-6-4-16(3)5-7-17/h4-11,15,20,23H,12-14H2,1-3H3,(H,25,27)/t20-,23-/m1/s1. The third kappa shape index (κ3) is 5.18. The molecular formula is C23H27FN2O2S. The first kappa shape index (κ1) is 21.4. The minimum absolute atomic E-state index is 0.136. The second-order valence-corrected chi connectivity index (χ2v) is 8.92. The fraction of sp³-hybridized carbons (Fsp3) is 0.391. The molecule has 2 aromatic carbocycles. The predicted molar refractivity (Wildman–Crippen MR) is 115 cm³/mol. The van der Waals surface area contributed by atoms with Crippen LogP contribution < -0.4 is 5.32 Å². The summed E-state index contributed by atoms with van der Waals surface area (Å²) in [5.41, 5.74) is 2.43. The van der Waals surface area contributed by atoms with Crippen molar-refractivity contribution in [1.82, 2.24) is 10.2 Å². The van der Waals surface area contributed by atoms with Gasteiger partial charge in [-0.1, -0.05) is 43.7 Å². The maximum absolute atomic E-state index is 13.4. The number of amides is 2. The van der Waals surface area contributed by atoms with Gasteiger partial charge in [0.1, 0.15) is 17.2 Å². The van der Waals surface area contributed by atoms with Crippen molar-refractivity contribution in [1.29, 1.82) is 0 Å². The van der Waals surface area contributed by atoms with Gasteiger partial charge in [-0.2, -0.15) is 0 Å². The van der Waals surface area contributed by atoms with Gasteiger partial charge in [0, 0.05) is 17.9 Å². The molecule has 1 saturated heterocycles. The van der Waals surface area contributed by atoms with E-state index in [0.717, 1.165) is 17.5 Å². The first-order valence-electron chi connectivity index (χ1n) is 9.91. The maximum Gasteiger partial charge on any atom is 0.255 e. The minimum Gasteiger partial charge on any atom is -0.354 e. The fourth-order valence-corrected chi connectivity index (χ4v) is 4.72. The van der Waals surface area contributed by atoms with Crippen molar-refractivity contribution >= 4 is 23.6 Å². The number of hydrogen-bond donors (Lipinski definition) is 1. The Hall–Kier alpha value is -2.34. The van der Waals surface area contributed by atoms with Crippen LogP contribution in [0.3, 0.4) is 0 Å². The molecule has 154 valence electrons. The monoisotopic (exact) mass is 414 g/mol. The van der Waals surface area contributed by atoms with E-state index in [1.54, 1.807) is 29.2 Å². The van der Waals surface area contributed by atoms with Crippen molar-refractivity contribution in [2.75, 3.05) is 12.3 Å². The molecule has 2 aromatic rings. The van der Waals surface area contributed by atoms with Crippen molar-refractivity contribution in [2.45, 2.75) is 38.6 Å². The zero-order valence-electron chi connectivity index (χ0n) is 17.0. The molecule has 0 unspecified atom stereocenters. The average Bonchev–Trinajstić information content (AvgIpc) is 3.13. The summed E-state index contributed by atoms with van der Waals surface area (Å²) < 4.78 is 13.4. The van der Waals surface area contributed by atoms with E-state index in [0.29, 0.717) is 23.8 Å². The second-order valence-electron chi connectivity index (χ2n) is 7.81. The molecule has 29 heavy (non-hydrogen) atoms. The molecule has 2 atom stereocenters. The lowest BCUT2D eigenvalue weighted by Crippen LogP contribution is -2.48. The van der Waals surface area contributed by atoms with Crippen LogP contribution in [0.2, 0.25) is 0 Å². The Kier molecular flexibility index (Phi) is 6.96. The van der Waals surface area contributed by atoms with Gasteiger partial charge in [-0.3, -0.25) is 9.59 Å². The first-order chi connectivity index (χ1) is 13.9. The van der Waals surface area contributed by atoms with Crippen LogP contribution in [0.4, 0.5) is 4.39 Å². The summed E-state index contributed by atoms with van der Waals surface area (Å²) in [6.45, 7) is 6.77. The van der Waals surface area contributed by atoms with E-state index in [1.807, 2.05) is 19.1 Å². The van der Waals surface area contributed by atoms with Gasteiger partial charge in [-0.15, -0.1) is 11.8 Å². The molecule has 0 saturated carbocycles. The number of thioether (sulfide) groups is 1. The van der Waals surface area contributed by atoms with Gasteiger partial charge in [-0.05, 0) is 49.1 Å². The van der Waals surface area contributed by atoms with E-state index in [2.05, 4.69) is 19.2 Å². The van der Waals surface area contributed by atoms with Gasteiger partial charge < -0.3 is 10.2 Å². The van der Waals surface area contributed by atoms with Gasteiger partial charge >= 0.3 is 0 Å². The second kappa shape index (κ2) is 9.44. The Morgan fingerprint density at radius 2 is 1.79 bits per heavy atom. The van der Waals surface area contributed by atoms with E-state index < -0.39 is 6.04 Å². The van der Waals surface area contributed by atoms with Crippen molar-refractivity contribution in [3.63, 3.8) is 0 Å². The SMILES string of the molecule is Cc1ccc(C(=O)N2[C@@H](C(=O)NCCC(C)C)CS[C@@H]2c2ccc(F)cc2)cc1. The summed E-state index contributed by atoms with van der Waals surface area (Å²) in [6, 6.07) is 12.9. The first-order valence-corrected chi connectivity index (χ1v) is 11.0. The van der Waals surface area contributed by atoms with Gasteiger partial charge in [0.15, 0.2) is 0 Å². The highest BCUT2D eigenvalue weighted by atomic mass is 32.2. The van der Waals surface area contributed by atoms with E-state index in [4.69, 9.17) is 0 Å². The number of benzene rings is 2. The molecule has 0 radical (unpaired) electrons. The van der Waals surface area contributed by atoms with Crippen LogP contribution in [0.5, 0.6) is 0 Å². The summed E-state index contributed by atoms with van der Waals surface area (Å²) in [4.78, 5) is 27.9. The number of rotatable bonds is 6. The minimum atomic E-state index is -0.559. The number of carbonyl (C=O) groups is 2. The Labute approximate surface area is 175 Å². The number of hydrogen-bond acceptors (Lipinski definition) is 3. The highest BCUT2D eigenvalue weighted by Gasteiger charge is 2.42.